The molecule has 0 radical (unpaired) electrons. The van der Waals surface area contributed by atoms with Gasteiger partial charge in [-0.05, 0) is 49.8 Å². The first-order valence-corrected chi connectivity index (χ1v) is 13.2. The predicted molar refractivity (Wildman–Crippen MR) is 121 cm³/mol. The predicted octanol–water partition coefficient (Wildman–Crippen LogP) is 4.21. The zero-order valence-electron chi connectivity index (χ0n) is 19.2. The Kier molecular flexibility index (Phi) is 6.54. The van der Waals surface area contributed by atoms with Crippen LogP contribution in [-0.2, 0) is 21.0 Å². The van der Waals surface area contributed by atoms with Gasteiger partial charge in [0.05, 0.1) is 29.8 Å². The summed E-state index contributed by atoms with van der Waals surface area (Å²) in [7, 11) is -3.30. The van der Waals surface area contributed by atoms with Gasteiger partial charge in [-0.15, -0.1) is 0 Å². The largest absolute Gasteiger partial charge is 0.416 e. The maximum Gasteiger partial charge on any atom is 0.416 e. The van der Waals surface area contributed by atoms with Crippen molar-refractivity contribution in [2.24, 2.45) is 5.41 Å². The van der Waals surface area contributed by atoms with Crippen LogP contribution in [-0.4, -0.2) is 59.6 Å². The molecule has 1 N–H and O–H groups in total. The van der Waals surface area contributed by atoms with Crippen LogP contribution in [0.4, 0.5) is 13.2 Å². The molecule has 2 aromatic rings. The molecule has 4 rings (SSSR count). The van der Waals surface area contributed by atoms with Gasteiger partial charge in [-0.25, -0.2) is 12.7 Å². The van der Waals surface area contributed by atoms with E-state index >= 15 is 0 Å². The first-order valence-electron chi connectivity index (χ1n) is 11.4. The van der Waals surface area contributed by atoms with E-state index in [4.69, 9.17) is 0 Å². The van der Waals surface area contributed by atoms with E-state index in [9.17, 15) is 26.4 Å². The van der Waals surface area contributed by atoms with E-state index in [0.717, 1.165) is 25.0 Å². The van der Waals surface area contributed by atoms with E-state index in [-0.39, 0.29) is 11.9 Å². The van der Waals surface area contributed by atoms with Gasteiger partial charge >= 0.3 is 6.18 Å². The van der Waals surface area contributed by atoms with Gasteiger partial charge in [0.15, 0.2) is 0 Å². The number of rotatable bonds is 4. The molecule has 1 aromatic carbocycles. The lowest BCUT2D eigenvalue weighted by Gasteiger charge is -2.44. The molecule has 2 fully saturated rings. The minimum atomic E-state index is -4.41. The number of amides is 1. The Morgan fingerprint density at radius 1 is 1.12 bits per heavy atom. The lowest BCUT2D eigenvalue weighted by atomic mass is 9.78. The number of hydrogen-bond donors (Lipinski definition) is 1. The summed E-state index contributed by atoms with van der Waals surface area (Å²) >= 11 is 0. The number of aromatic amines is 1. The van der Waals surface area contributed by atoms with E-state index in [1.807, 2.05) is 11.8 Å². The molecule has 0 bridgehead atoms. The van der Waals surface area contributed by atoms with Crippen LogP contribution in [0.25, 0.3) is 11.1 Å². The average molecular weight is 499 g/mol. The van der Waals surface area contributed by atoms with Gasteiger partial charge in [0.1, 0.15) is 0 Å². The molecular formula is C23H29F3N4O3S. The number of aromatic nitrogens is 2. The van der Waals surface area contributed by atoms with Crippen LogP contribution in [0.1, 0.15) is 56.3 Å². The summed E-state index contributed by atoms with van der Waals surface area (Å²) in [5.74, 6) is -0.0154. The number of likely N-dealkylation sites (tertiary alicyclic amines) is 1. The van der Waals surface area contributed by atoms with Crippen molar-refractivity contribution in [2.75, 3.05) is 25.9 Å². The molecule has 1 atom stereocenters. The minimum absolute atomic E-state index is 0.0154. The highest BCUT2D eigenvalue weighted by Crippen LogP contribution is 2.41. The fourth-order valence-corrected chi connectivity index (χ4v) is 5.81. The number of hydrogen-bond acceptors (Lipinski definition) is 4. The molecular weight excluding hydrogens is 469 g/mol. The Morgan fingerprint density at radius 2 is 1.76 bits per heavy atom. The molecule has 0 saturated carbocycles. The molecule has 34 heavy (non-hydrogen) atoms. The highest BCUT2D eigenvalue weighted by Gasteiger charge is 2.44. The Bertz CT molecular complexity index is 1140. The number of carbonyl (C=O) groups is 1. The van der Waals surface area contributed by atoms with Crippen LogP contribution in [0.5, 0.6) is 0 Å². The fourth-order valence-electron chi connectivity index (χ4n) is 4.97. The maximum atomic E-state index is 13.7. The molecule has 7 nitrogen and oxygen atoms in total. The number of nitrogens with zero attached hydrogens (tertiary/aromatic N) is 3. The smallest absolute Gasteiger partial charge is 0.334 e. The summed E-state index contributed by atoms with van der Waals surface area (Å²) in [5.41, 5.74) is 0.595. The first-order chi connectivity index (χ1) is 15.9. The molecule has 2 aliphatic heterocycles. The maximum absolute atomic E-state index is 13.7. The van der Waals surface area contributed by atoms with Crippen molar-refractivity contribution >= 4 is 15.9 Å². The van der Waals surface area contributed by atoms with Crippen LogP contribution in [0.15, 0.2) is 30.5 Å². The normalized spacial score (nSPS) is 22.0. The van der Waals surface area contributed by atoms with Crippen molar-refractivity contribution < 1.29 is 26.4 Å². The number of benzene rings is 1. The van der Waals surface area contributed by atoms with Gasteiger partial charge in [0, 0.05) is 30.6 Å². The Balaban J connectivity index is 1.58. The third-order valence-electron chi connectivity index (χ3n) is 7.10. The summed E-state index contributed by atoms with van der Waals surface area (Å²) in [6.07, 6.45) is 1.73. The van der Waals surface area contributed by atoms with Crippen molar-refractivity contribution in [1.29, 1.82) is 0 Å². The topological polar surface area (TPSA) is 86.4 Å². The van der Waals surface area contributed by atoms with Crippen LogP contribution >= 0.6 is 0 Å². The summed E-state index contributed by atoms with van der Waals surface area (Å²) in [6, 6.07) is 4.67. The summed E-state index contributed by atoms with van der Waals surface area (Å²) < 4.78 is 64.1. The van der Waals surface area contributed by atoms with Crippen LogP contribution in [0.2, 0.25) is 0 Å². The molecule has 2 aliphatic rings. The highest BCUT2D eigenvalue weighted by molar-refractivity contribution is 7.88. The molecule has 0 unspecified atom stereocenters. The summed E-state index contributed by atoms with van der Waals surface area (Å²) in [4.78, 5) is 15.6. The molecule has 3 heterocycles. The third kappa shape index (κ3) is 4.86. The van der Waals surface area contributed by atoms with Gasteiger partial charge in [-0.2, -0.15) is 18.3 Å². The van der Waals surface area contributed by atoms with Crippen molar-refractivity contribution in [3.05, 3.63) is 41.7 Å². The fraction of sp³-hybridized carbons (Fsp3) is 0.565. The number of nitrogens with one attached hydrogen (secondary N) is 1. The van der Waals surface area contributed by atoms with Crippen molar-refractivity contribution in [3.8, 4) is 11.1 Å². The van der Waals surface area contributed by atoms with E-state index in [2.05, 4.69) is 10.2 Å². The van der Waals surface area contributed by atoms with Crippen molar-refractivity contribution in [1.82, 2.24) is 19.4 Å². The monoisotopic (exact) mass is 498 g/mol. The number of halogens is 3. The van der Waals surface area contributed by atoms with E-state index in [0.29, 0.717) is 55.7 Å². The molecule has 0 aliphatic carbocycles. The Hall–Kier alpha value is -2.40. The molecule has 186 valence electrons. The zero-order valence-corrected chi connectivity index (χ0v) is 20.0. The van der Waals surface area contributed by atoms with Crippen molar-refractivity contribution in [2.45, 2.75) is 51.2 Å². The minimum Gasteiger partial charge on any atom is -0.334 e. The van der Waals surface area contributed by atoms with Gasteiger partial charge in [0.2, 0.25) is 15.9 Å². The number of piperidine rings is 2. The lowest BCUT2D eigenvalue weighted by Crippen LogP contribution is -2.51. The van der Waals surface area contributed by atoms with E-state index in [1.165, 1.54) is 22.7 Å². The van der Waals surface area contributed by atoms with Gasteiger partial charge in [-0.3, -0.25) is 9.89 Å². The van der Waals surface area contributed by atoms with E-state index in [1.54, 1.807) is 6.20 Å². The molecule has 2 saturated heterocycles. The first kappa shape index (κ1) is 24.7. The average Bonchev–Trinajstić information content (AvgIpc) is 3.27. The summed E-state index contributed by atoms with van der Waals surface area (Å²) in [6.45, 7) is 3.07. The highest BCUT2D eigenvalue weighted by atomic mass is 32.2. The second kappa shape index (κ2) is 8.99. The number of sulfonamides is 1. The number of carbonyl (C=O) groups excluding carboxylic acids is 1. The van der Waals surface area contributed by atoms with Gasteiger partial charge < -0.3 is 4.90 Å². The molecule has 1 aromatic heterocycles. The zero-order chi connectivity index (χ0) is 24.7. The van der Waals surface area contributed by atoms with Gasteiger partial charge in [0.25, 0.3) is 0 Å². The van der Waals surface area contributed by atoms with Crippen LogP contribution in [0.3, 0.4) is 0 Å². The SMILES string of the molecule is CC1(C(=O)N2CCCC[C@H]2c2[nH]ncc2-c2ccc(C(F)(F)F)cc2)CCN(S(C)(=O)=O)CC1. The van der Waals surface area contributed by atoms with Crippen LogP contribution < -0.4 is 0 Å². The number of H-pyrrole nitrogens is 1. The standard InChI is InChI=1S/C23H29F3N4O3S/c1-22(10-13-29(14-11-22)34(2,32)33)21(31)30-12-4-3-5-19(30)20-18(15-27-28-20)16-6-8-17(9-7-16)23(24,25)26/h6-9,15,19H,3-5,10-14H2,1-2H3,(H,27,28)/t19-/m0/s1. The molecule has 11 heteroatoms. The van der Waals surface area contributed by atoms with E-state index < -0.39 is 27.2 Å². The molecule has 1 amide bonds. The van der Waals surface area contributed by atoms with Crippen molar-refractivity contribution in [3.63, 3.8) is 0 Å². The lowest BCUT2D eigenvalue weighted by molar-refractivity contribution is -0.147. The Labute approximate surface area is 197 Å². The van der Waals surface area contributed by atoms with Crippen LogP contribution in [0, 0.1) is 5.41 Å². The summed E-state index contributed by atoms with van der Waals surface area (Å²) in [5, 5.41) is 7.14. The second-order valence-corrected chi connectivity index (χ2v) is 11.5. The molecule has 0 spiro atoms. The third-order valence-corrected chi connectivity index (χ3v) is 8.40. The van der Waals surface area contributed by atoms with Gasteiger partial charge in [-0.1, -0.05) is 19.1 Å². The quantitative estimate of drug-likeness (QED) is 0.684. The Morgan fingerprint density at radius 3 is 2.35 bits per heavy atom. The second-order valence-electron chi connectivity index (χ2n) is 9.51. The number of alkyl halides is 3.